The third kappa shape index (κ3) is 4.89. The maximum absolute atomic E-state index is 13.5. The van der Waals surface area contributed by atoms with Crippen molar-refractivity contribution in [3.63, 3.8) is 0 Å². The molecule has 24 heavy (non-hydrogen) atoms. The van der Waals surface area contributed by atoms with Gasteiger partial charge in [0.15, 0.2) is 11.6 Å². The smallest absolute Gasteiger partial charge is 0.238 e. The standard InChI is InChI=1S/C18H18F2N2O2/c1-2-16(18(21)23)22-10-12-3-5-13(6-4-12)11-24-17-8-7-14(19)9-15(17)20/h2-9,16,22H,1,10-11H2,(H2,21,23)/t16-/m1/s1. The minimum absolute atomic E-state index is 0.00238. The molecule has 2 aromatic rings. The SMILES string of the molecule is C=C[C@@H](NCc1ccc(COc2ccc(F)cc2F)cc1)C(N)=O. The molecule has 0 saturated carbocycles. The third-order valence-electron chi connectivity index (χ3n) is 3.38. The predicted octanol–water partition coefficient (Wildman–Crippen LogP) is 2.67. The van der Waals surface area contributed by atoms with Crippen LogP contribution in [0.5, 0.6) is 5.75 Å². The van der Waals surface area contributed by atoms with E-state index in [4.69, 9.17) is 10.5 Å². The second kappa shape index (κ2) is 8.21. The fourth-order valence-electron chi connectivity index (χ4n) is 2.03. The maximum atomic E-state index is 13.5. The Kier molecular flexibility index (Phi) is 6.03. The number of rotatable bonds is 8. The molecule has 0 aliphatic carbocycles. The number of primary amides is 1. The highest BCUT2D eigenvalue weighted by atomic mass is 19.1. The average Bonchev–Trinajstić information content (AvgIpc) is 2.55. The van der Waals surface area contributed by atoms with Crippen molar-refractivity contribution < 1.29 is 18.3 Å². The number of carbonyl (C=O) groups is 1. The number of nitrogens with one attached hydrogen (secondary N) is 1. The van der Waals surface area contributed by atoms with Crippen LogP contribution in [0, 0.1) is 11.6 Å². The van der Waals surface area contributed by atoms with Crippen molar-refractivity contribution in [3.8, 4) is 5.75 Å². The van der Waals surface area contributed by atoms with Gasteiger partial charge in [-0.25, -0.2) is 8.78 Å². The van der Waals surface area contributed by atoms with Gasteiger partial charge in [-0.1, -0.05) is 30.3 Å². The van der Waals surface area contributed by atoms with E-state index >= 15 is 0 Å². The van der Waals surface area contributed by atoms with Gasteiger partial charge in [-0.2, -0.15) is 0 Å². The lowest BCUT2D eigenvalue weighted by Crippen LogP contribution is -2.39. The van der Waals surface area contributed by atoms with Crippen molar-refractivity contribution in [2.45, 2.75) is 19.2 Å². The lowest BCUT2D eigenvalue weighted by Gasteiger charge is -2.11. The van der Waals surface area contributed by atoms with Crippen molar-refractivity contribution in [2.75, 3.05) is 0 Å². The normalized spacial score (nSPS) is 11.8. The molecule has 0 saturated heterocycles. The number of nitrogens with two attached hydrogens (primary N) is 1. The molecule has 0 radical (unpaired) electrons. The molecule has 0 unspecified atom stereocenters. The maximum Gasteiger partial charge on any atom is 0.238 e. The first kappa shape index (κ1) is 17.6. The summed E-state index contributed by atoms with van der Waals surface area (Å²) in [7, 11) is 0. The molecule has 4 nitrogen and oxygen atoms in total. The summed E-state index contributed by atoms with van der Waals surface area (Å²) >= 11 is 0. The van der Waals surface area contributed by atoms with Crippen molar-refractivity contribution in [1.82, 2.24) is 5.32 Å². The Morgan fingerprint density at radius 2 is 1.88 bits per heavy atom. The van der Waals surface area contributed by atoms with Crippen LogP contribution in [0.15, 0.2) is 55.1 Å². The van der Waals surface area contributed by atoms with Crippen LogP contribution in [0.4, 0.5) is 8.78 Å². The van der Waals surface area contributed by atoms with Crippen molar-refractivity contribution in [2.24, 2.45) is 5.73 Å². The van der Waals surface area contributed by atoms with E-state index in [0.29, 0.717) is 6.54 Å². The fraction of sp³-hybridized carbons (Fsp3) is 0.167. The molecule has 3 N–H and O–H groups in total. The summed E-state index contributed by atoms with van der Waals surface area (Å²) in [5.74, 6) is -1.88. The topological polar surface area (TPSA) is 64.3 Å². The molecule has 2 aromatic carbocycles. The van der Waals surface area contributed by atoms with Gasteiger partial charge >= 0.3 is 0 Å². The Balaban J connectivity index is 1.90. The quantitative estimate of drug-likeness (QED) is 0.731. The Morgan fingerprint density at radius 3 is 2.46 bits per heavy atom. The number of hydrogen-bond acceptors (Lipinski definition) is 3. The first-order valence-electron chi connectivity index (χ1n) is 7.30. The zero-order chi connectivity index (χ0) is 17.5. The van der Waals surface area contributed by atoms with Crippen LogP contribution in [0.3, 0.4) is 0 Å². The van der Waals surface area contributed by atoms with Gasteiger partial charge in [-0.15, -0.1) is 6.58 Å². The van der Waals surface area contributed by atoms with E-state index in [1.165, 1.54) is 12.1 Å². The van der Waals surface area contributed by atoms with Crippen molar-refractivity contribution >= 4 is 5.91 Å². The molecule has 0 aromatic heterocycles. The molecule has 1 amide bonds. The largest absolute Gasteiger partial charge is 0.486 e. The van der Waals surface area contributed by atoms with Crippen LogP contribution in [0.1, 0.15) is 11.1 Å². The minimum Gasteiger partial charge on any atom is -0.486 e. The zero-order valence-corrected chi connectivity index (χ0v) is 13.0. The predicted molar refractivity (Wildman–Crippen MR) is 87.2 cm³/mol. The minimum atomic E-state index is -0.738. The second-order valence-corrected chi connectivity index (χ2v) is 5.18. The van der Waals surface area contributed by atoms with E-state index in [1.54, 1.807) is 0 Å². The number of carbonyl (C=O) groups excluding carboxylic acids is 1. The van der Waals surface area contributed by atoms with E-state index in [1.807, 2.05) is 24.3 Å². The lowest BCUT2D eigenvalue weighted by atomic mass is 10.1. The fourth-order valence-corrected chi connectivity index (χ4v) is 2.03. The van der Waals surface area contributed by atoms with E-state index < -0.39 is 23.6 Å². The van der Waals surface area contributed by atoms with Crippen molar-refractivity contribution in [3.05, 3.63) is 77.9 Å². The molecular weight excluding hydrogens is 314 g/mol. The monoisotopic (exact) mass is 332 g/mol. The van der Waals surface area contributed by atoms with Gasteiger partial charge in [0.2, 0.25) is 5.91 Å². The summed E-state index contributed by atoms with van der Waals surface area (Å²) in [5.41, 5.74) is 6.98. The van der Waals surface area contributed by atoms with Crippen LogP contribution in [-0.2, 0) is 17.9 Å². The van der Waals surface area contributed by atoms with Crippen LogP contribution in [0.2, 0.25) is 0 Å². The summed E-state index contributed by atoms with van der Waals surface area (Å²) in [6, 6.07) is 9.94. The third-order valence-corrected chi connectivity index (χ3v) is 3.38. The van der Waals surface area contributed by atoms with E-state index in [0.717, 1.165) is 23.3 Å². The molecule has 2 rings (SSSR count). The first-order valence-corrected chi connectivity index (χ1v) is 7.30. The molecule has 0 aliphatic rings. The summed E-state index contributed by atoms with van der Waals surface area (Å²) in [4.78, 5) is 11.1. The molecule has 126 valence electrons. The first-order chi connectivity index (χ1) is 11.5. The highest BCUT2D eigenvalue weighted by Gasteiger charge is 2.09. The number of benzene rings is 2. The highest BCUT2D eigenvalue weighted by Crippen LogP contribution is 2.19. The molecule has 0 aliphatic heterocycles. The van der Waals surface area contributed by atoms with Gasteiger partial charge in [-0.3, -0.25) is 10.1 Å². The number of hydrogen-bond donors (Lipinski definition) is 2. The van der Waals surface area contributed by atoms with Gasteiger partial charge < -0.3 is 10.5 Å². The summed E-state index contributed by atoms with van der Waals surface area (Å²) in [5, 5.41) is 2.97. The Bertz CT molecular complexity index is 717. The number of amides is 1. The molecule has 1 atom stereocenters. The number of halogens is 2. The molecule has 6 heteroatoms. The Labute approximate surface area is 138 Å². The van der Waals surface area contributed by atoms with E-state index in [2.05, 4.69) is 11.9 Å². The van der Waals surface area contributed by atoms with E-state index in [-0.39, 0.29) is 12.4 Å². The highest BCUT2D eigenvalue weighted by molar-refractivity contribution is 5.81. The molecule has 0 fully saturated rings. The average molecular weight is 332 g/mol. The van der Waals surface area contributed by atoms with Gasteiger partial charge in [0.1, 0.15) is 18.5 Å². The van der Waals surface area contributed by atoms with Crippen LogP contribution in [-0.4, -0.2) is 11.9 Å². The zero-order valence-electron chi connectivity index (χ0n) is 13.0. The van der Waals surface area contributed by atoms with E-state index in [9.17, 15) is 13.6 Å². The summed E-state index contributed by atoms with van der Waals surface area (Å²) in [6.07, 6.45) is 1.45. The molecule has 0 spiro atoms. The van der Waals surface area contributed by atoms with Crippen LogP contribution >= 0.6 is 0 Å². The lowest BCUT2D eigenvalue weighted by molar-refractivity contribution is -0.118. The molecule has 0 heterocycles. The van der Waals surface area contributed by atoms with Gasteiger partial charge in [-0.05, 0) is 23.3 Å². The second-order valence-electron chi connectivity index (χ2n) is 5.18. The molecular formula is C18H18F2N2O2. The van der Waals surface area contributed by atoms with Gasteiger partial charge in [0, 0.05) is 12.6 Å². The van der Waals surface area contributed by atoms with Crippen LogP contribution in [0.25, 0.3) is 0 Å². The van der Waals surface area contributed by atoms with Crippen molar-refractivity contribution in [1.29, 1.82) is 0 Å². The van der Waals surface area contributed by atoms with Gasteiger partial charge in [0.05, 0.1) is 0 Å². The number of ether oxygens (including phenoxy) is 1. The van der Waals surface area contributed by atoms with Gasteiger partial charge in [0.25, 0.3) is 0 Å². The summed E-state index contributed by atoms with van der Waals surface area (Å²) in [6.45, 7) is 4.15. The Hall–Kier alpha value is -2.73. The molecule has 0 bridgehead atoms. The summed E-state index contributed by atoms with van der Waals surface area (Å²) < 4.78 is 31.6. The van der Waals surface area contributed by atoms with Crippen LogP contribution < -0.4 is 15.8 Å². The Morgan fingerprint density at radius 1 is 1.21 bits per heavy atom.